The summed E-state index contributed by atoms with van der Waals surface area (Å²) >= 11 is 5.98. The van der Waals surface area contributed by atoms with Crippen molar-refractivity contribution < 1.29 is 22.7 Å². The van der Waals surface area contributed by atoms with E-state index in [1.54, 1.807) is 0 Å². The van der Waals surface area contributed by atoms with Crippen LogP contribution >= 0.6 is 11.6 Å². The lowest BCUT2D eigenvalue weighted by atomic mass is 10.2. The fraction of sp³-hybridized carbons (Fsp3) is 0.471. The number of sulfonamides is 1. The van der Waals surface area contributed by atoms with Crippen LogP contribution in [0.25, 0.3) is 0 Å². The number of nitrogens with one attached hydrogen (secondary N) is 1. The van der Waals surface area contributed by atoms with Gasteiger partial charge in [0.1, 0.15) is 4.90 Å². The highest BCUT2D eigenvalue weighted by Crippen LogP contribution is 2.27. The van der Waals surface area contributed by atoms with E-state index in [2.05, 4.69) is 4.72 Å². The van der Waals surface area contributed by atoms with Gasteiger partial charge in [-0.25, -0.2) is 17.9 Å². The van der Waals surface area contributed by atoms with Gasteiger partial charge < -0.3 is 9.64 Å². The van der Waals surface area contributed by atoms with Crippen molar-refractivity contribution >= 4 is 33.5 Å². The Balaban J connectivity index is 2.11. The number of nitrogens with zero attached hydrogens (tertiary/aromatic N) is 2. The molecule has 0 bridgehead atoms. The van der Waals surface area contributed by atoms with Gasteiger partial charge in [0.15, 0.2) is 6.10 Å². The minimum absolute atomic E-state index is 0.0138. The third-order valence-electron chi connectivity index (χ3n) is 3.92. The van der Waals surface area contributed by atoms with Crippen LogP contribution in [0.1, 0.15) is 36.5 Å². The first-order valence-electron chi connectivity index (χ1n) is 8.30. The average Bonchev–Trinajstić information content (AvgIpc) is 3.42. The maximum Gasteiger partial charge on any atom is 0.338 e. The van der Waals surface area contributed by atoms with Crippen LogP contribution in [-0.4, -0.2) is 50.9 Å². The lowest BCUT2D eigenvalue weighted by Gasteiger charge is -2.20. The first-order valence-corrected chi connectivity index (χ1v) is 10.2. The van der Waals surface area contributed by atoms with E-state index in [1.807, 2.05) is 6.07 Å². The van der Waals surface area contributed by atoms with E-state index < -0.39 is 28.0 Å². The van der Waals surface area contributed by atoms with Crippen molar-refractivity contribution in [3.8, 4) is 6.07 Å². The summed E-state index contributed by atoms with van der Waals surface area (Å²) in [4.78, 5) is 25.5. The highest BCUT2D eigenvalue weighted by atomic mass is 35.5. The van der Waals surface area contributed by atoms with Gasteiger partial charge in [0.25, 0.3) is 5.91 Å². The second-order valence-electron chi connectivity index (χ2n) is 6.26. The summed E-state index contributed by atoms with van der Waals surface area (Å²) in [6, 6.07) is 5.58. The maximum atomic E-state index is 12.4. The zero-order valence-corrected chi connectivity index (χ0v) is 16.5. The molecule has 0 radical (unpaired) electrons. The Bertz CT molecular complexity index is 877. The Hall–Kier alpha value is -2.15. The van der Waals surface area contributed by atoms with Crippen LogP contribution < -0.4 is 4.72 Å². The molecule has 1 amide bonds. The molecular formula is C17H20ClN3O5S. The number of carbonyl (C=O) groups is 2. The summed E-state index contributed by atoms with van der Waals surface area (Å²) in [7, 11) is -2.35. The molecule has 1 atom stereocenters. The predicted octanol–water partition coefficient (Wildman–Crippen LogP) is 1.70. The zero-order chi connectivity index (χ0) is 20.2. The third-order valence-corrected chi connectivity index (χ3v) is 5.92. The third kappa shape index (κ3) is 5.66. The molecule has 10 heteroatoms. The summed E-state index contributed by atoms with van der Waals surface area (Å²) < 4.78 is 32.4. The summed E-state index contributed by atoms with van der Waals surface area (Å²) in [5.41, 5.74) is -0.0325. The zero-order valence-electron chi connectivity index (χ0n) is 14.9. The maximum absolute atomic E-state index is 12.4. The minimum Gasteiger partial charge on any atom is -0.449 e. The number of hydrogen-bond donors (Lipinski definition) is 1. The SMILES string of the molecule is C[C@H](OC(=O)c1ccc(Cl)c(S(=O)(=O)NC2CC2)c1)C(=O)N(C)CCC#N. The van der Waals surface area contributed by atoms with Gasteiger partial charge in [-0.05, 0) is 38.0 Å². The van der Waals surface area contributed by atoms with Crippen LogP contribution in [0, 0.1) is 11.3 Å². The molecule has 1 aliphatic carbocycles. The standard InChI is InChI=1S/C17H20ClN3O5S/c1-11(16(22)21(2)9-3-8-19)26-17(23)12-4-7-14(18)15(10-12)27(24,25)20-13-5-6-13/h4,7,10-11,13,20H,3,5-6,9H2,1-2H3/t11-/m0/s1. The second-order valence-corrected chi connectivity index (χ2v) is 8.35. The van der Waals surface area contributed by atoms with Crippen molar-refractivity contribution in [2.75, 3.05) is 13.6 Å². The second kappa shape index (κ2) is 8.69. The molecule has 27 heavy (non-hydrogen) atoms. The molecule has 1 saturated carbocycles. The summed E-state index contributed by atoms with van der Waals surface area (Å²) in [6.07, 6.45) is 0.603. The van der Waals surface area contributed by atoms with Crippen molar-refractivity contribution in [3.05, 3.63) is 28.8 Å². The van der Waals surface area contributed by atoms with E-state index in [1.165, 1.54) is 31.0 Å². The van der Waals surface area contributed by atoms with Crippen LogP contribution in [-0.2, 0) is 19.6 Å². The molecule has 1 aliphatic rings. The van der Waals surface area contributed by atoms with Gasteiger partial charge in [0.05, 0.1) is 23.1 Å². The molecular weight excluding hydrogens is 394 g/mol. The number of halogens is 1. The number of carbonyl (C=O) groups excluding carboxylic acids is 2. The van der Waals surface area contributed by atoms with Gasteiger partial charge in [-0.2, -0.15) is 5.26 Å². The Labute approximate surface area is 163 Å². The number of likely N-dealkylation sites (N-methyl/N-ethyl adjacent to an activating group) is 1. The molecule has 0 spiro atoms. The normalized spacial score (nSPS) is 14.9. The molecule has 0 heterocycles. The molecule has 146 valence electrons. The Morgan fingerprint density at radius 2 is 2.11 bits per heavy atom. The number of ether oxygens (including phenoxy) is 1. The quantitative estimate of drug-likeness (QED) is 0.648. The number of amides is 1. The smallest absolute Gasteiger partial charge is 0.338 e. The van der Waals surface area contributed by atoms with Gasteiger partial charge in [0, 0.05) is 19.6 Å². The number of rotatable bonds is 8. The van der Waals surface area contributed by atoms with Gasteiger partial charge in [0.2, 0.25) is 10.0 Å². The highest BCUT2D eigenvalue weighted by molar-refractivity contribution is 7.89. The predicted molar refractivity (Wildman–Crippen MR) is 97.5 cm³/mol. The van der Waals surface area contributed by atoms with Gasteiger partial charge in [-0.1, -0.05) is 11.6 Å². The first-order chi connectivity index (χ1) is 12.7. The van der Waals surface area contributed by atoms with Gasteiger partial charge in [-0.3, -0.25) is 4.79 Å². The fourth-order valence-corrected chi connectivity index (χ4v) is 4.07. The van der Waals surface area contributed by atoms with Crippen molar-refractivity contribution in [1.82, 2.24) is 9.62 Å². The van der Waals surface area contributed by atoms with E-state index in [4.69, 9.17) is 21.6 Å². The monoisotopic (exact) mass is 413 g/mol. The number of hydrogen-bond acceptors (Lipinski definition) is 6. The van der Waals surface area contributed by atoms with Crippen LogP contribution in [0.2, 0.25) is 5.02 Å². The fourth-order valence-electron chi connectivity index (χ4n) is 2.24. The van der Waals surface area contributed by atoms with E-state index in [-0.39, 0.29) is 34.5 Å². The molecule has 0 saturated heterocycles. The molecule has 0 unspecified atom stereocenters. The molecule has 0 aromatic heterocycles. The van der Waals surface area contributed by atoms with E-state index >= 15 is 0 Å². The van der Waals surface area contributed by atoms with E-state index in [0.29, 0.717) is 0 Å². The largest absolute Gasteiger partial charge is 0.449 e. The van der Waals surface area contributed by atoms with Crippen molar-refractivity contribution in [2.24, 2.45) is 0 Å². The summed E-state index contributed by atoms with van der Waals surface area (Å²) in [5.74, 6) is -1.31. The van der Waals surface area contributed by atoms with Gasteiger partial charge in [-0.15, -0.1) is 0 Å². The highest BCUT2D eigenvalue weighted by Gasteiger charge is 2.30. The van der Waals surface area contributed by atoms with Gasteiger partial charge >= 0.3 is 5.97 Å². The Morgan fingerprint density at radius 1 is 1.44 bits per heavy atom. The van der Waals surface area contributed by atoms with Crippen LogP contribution in [0.5, 0.6) is 0 Å². The molecule has 0 aliphatic heterocycles. The molecule has 2 rings (SSSR count). The summed E-state index contributed by atoms with van der Waals surface area (Å²) in [6.45, 7) is 1.62. The van der Waals surface area contributed by atoms with E-state index in [9.17, 15) is 18.0 Å². The minimum atomic E-state index is -3.85. The lowest BCUT2D eigenvalue weighted by Crippen LogP contribution is -2.38. The molecule has 8 nitrogen and oxygen atoms in total. The Morgan fingerprint density at radius 3 is 2.70 bits per heavy atom. The number of benzene rings is 1. The van der Waals surface area contributed by atoms with E-state index in [0.717, 1.165) is 18.9 Å². The van der Waals surface area contributed by atoms with Crippen LogP contribution in [0.4, 0.5) is 0 Å². The first kappa shape index (κ1) is 21.2. The topological polar surface area (TPSA) is 117 Å². The molecule has 1 fully saturated rings. The summed E-state index contributed by atoms with van der Waals surface area (Å²) in [5, 5.41) is 8.55. The van der Waals surface area contributed by atoms with Crippen molar-refractivity contribution in [3.63, 3.8) is 0 Å². The van der Waals surface area contributed by atoms with Crippen LogP contribution in [0.15, 0.2) is 23.1 Å². The van der Waals surface area contributed by atoms with Crippen LogP contribution in [0.3, 0.4) is 0 Å². The van der Waals surface area contributed by atoms with Crippen molar-refractivity contribution in [1.29, 1.82) is 5.26 Å². The lowest BCUT2D eigenvalue weighted by molar-refractivity contribution is -0.138. The Kier molecular flexibility index (Phi) is 6.81. The molecule has 1 aromatic rings. The molecule has 1 N–H and O–H groups in total. The van der Waals surface area contributed by atoms with Crippen molar-refractivity contribution in [2.45, 2.75) is 43.2 Å². The number of esters is 1. The average molecular weight is 414 g/mol. The molecule has 1 aromatic carbocycles. The number of nitriles is 1.